The number of esters is 1. The van der Waals surface area contributed by atoms with E-state index in [1.807, 2.05) is 44.2 Å². The minimum Gasteiger partial charge on any atom is -0.423 e. The smallest absolute Gasteiger partial charge is 0.336 e. The van der Waals surface area contributed by atoms with Gasteiger partial charge in [-0.3, -0.25) is 0 Å². The van der Waals surface area contributed by atoms with Crippen LogP contribution >= 0.6 is 11.6 Å². The lowest BCUT2D eigenvalue weighted by Crippen LogP contribution is -2.06. The van der Waals surface area contributed by atoms with Crippen molar-refractivity contribution >= 4 is 23.6 Å². The maximum absolute atomic E-state index is 11.8. The molecule has 0 aliphatic carbocycles. The van der Waals surface area contributed by atoms with Crippen molar-refractivity contribution in [3.63, 3.8) is 0 Å². The molecule has 0 atom stereocenters. The second kappa shape index (κ2) is 6.40. The molecule has 2 nitrogen and oxygen atoms in total. The van der Waals surface area contributed by atoms with Crippen LogP contribution in [0.5, 0.6) is 5.75 Å². The number of rotatable bonds is 3. The van der Waals surface area contributed by atoms with Gasteiger partial charge in [0.25, 0.3) is 0 Å². The van der Waals surface area contributed by atoms with E-state index in [9.17, 15) is 4.79 Å². The van der Waals surface area contributed by atoms with Gasteiger partial charge in [-0.25, -0.2) is 4.79 Å². The Kier molecular flexibility index (Phi) is 4.59. The zero-order chi connectivity index (χ0) is 14.5. The number of carbonyl (C=O) groups is 1. The number of hydrogen-bond acceptors (Lipinski definition) is 2. The topological polar surface area (TPSA) is 26.3 Å². The normalized spacial score (nSPS) is 10.8. The molecule has 2 aromatic carbocycles. The van der Waals surface area contributed by atoms with Gasteiger partial charge < -0.3 is 4.74 Å². The van der Waals surface area contributed by atoms with E-state index < -0.39 is 5.97 Å². The highest BCUT2D eigenvalue weighted by Crippen LogP contribution is 2.22. The van der Waals surface area contributed by atoms with Gasteiger partial charge in [0.05, 0.1) is 0 Å². The lowest BCUT2D eigenvalue weighted by atomic mass is 10.1. The van der Waals surface area contributed by atoms with E-state index in [1.54, 1.807) is 18.2 Å². The molecule has 20 heavy (non-hydrogen) atoms. The van der Waals surface area contributed by atoms with Gasteiger partial charge >= 0.3 is 5.97 Å². The second-order valence-electron chi connectivity index (χ2n) is 4.53. The number of ether oxygens (including phenoxy) is 1. The molecule has 2 aromatic rings. The van der Waals surface area contributed by atoms with Crippen molar-refractivity contribution in [3.05, 3.63) is 70.3 Å². The zero-order valence-corrected chi connectivity index (χ0v) is 12.1. The molecule has 0 aliphatic rings. The Bertz CT molecular complexity index is 622. The first-order chi connectivity index (χ1) is 9.56. The number of benzene rings is 2. The number of carbonyl (C=O) groups excluding carboxylic acids is 1. The van der Waals surface area contributed by atoms with Crippen LogP contribution in [0.1, 0.15) is 16.7 Å². The Morgan fingerprint density at radius 3 is 2.25 bits per heavy atom. The summed E-state index contributed by atoms with van der Waals surface area (Å²) in [4.78, 5) is 11.8. The van der Waals surface area contributed by atoms with E-state index in [2.05, 4.69) is 0 Å². The van der Waals surface area contributed by atoms with Crippen LogP contribution in [0.15, 0.2) is 48.5 Å². The largest absolute Gasteiger partial charge is 0.423 e. The number of aryl methyl sites for hydroxylation is 2. The minimum absolute atomic E-state index is 0.391. The average Bonchev–Trinajstić information content (AvgIpc) is 2.42. The molecule has 0 fully saturated rings. The van der Waals surface area contributed by atoms with E-state index in [4.69, 9.17) is 16.3 Å². The van der Waals surface area contributed by atoms with Crippen LogP contribution in [-0.2, 0) is 4.79 Å². The quantitative estimate of drug-likeness (QED) is 0.469. The van der Waals surface area contributed by atoms with Gasteiger partial charge in [0, 0.05) is 11.1 Å². The van der Waals surface area contributed by atoms with Gasteiger partial charge in [0.15, 0.2) is 0 Å². The molecule has 0 saturated carbocycles. The number of para-hydroxylation sites is 1. The summed E-state index contributed by atoms with van der Waals surface area (Å²) < 4.78 is 5.37. The maximum Gasteiger partial charge on any atom is 0.336 e. The summed E-state index contributed by atoms with van der Waals surface area (Å²) in [6.45, 7) is 3.83. The van der Waals surface area contributed by atoms with Crippen LogP contribution in [0.4, 0.5) is 0 Å². The summed E-state index contributed by atoms with van der Waals surface area (Å²) in [5.41, 5.74) is 2.78. The third-order valence-electron chi connectivity index (χ3n) is 2.89. The molecule has 0 aliphatic heterocycles. The standard InChI is InChI=1S/C17H15ClO2/c1-12-4-3-5-13(2)17(12)20-16(19)11-8-14-6-9-15(18)10-7-14/h3-11H,1-2H3. The molecule has 0 unspecified atom stereocenters. The Labute approximate surface area is 123 Å². The Morgan fingerprint density at radius 1 is 1.05 bits per heavy atom. The highest BCUT2D eigenvalue weighted by atomic mass is 35.5. The van der Waals surface area contributed by atoms with E-state index in [0.29, 0.717) is 10.8 Å². The first kappa shape index (κ1) is 14.4. The van der Waals surface area contributed by atoms with E-state index in [1.165, 1.54) is 6.08 Å². The van der Waals surface area contributed by atoms with Crippen molar-refractivity contribution in [2.45, 2.75) is 13.8 Å². The van der Waals surface area contributed by atoms with Crippen LogP contribution in [0.3, 0.4) is 0 Å². The summed E-state index contributed by atoms with van der Waals surface area (Å²) in [5, 5.41) is 0.667. The summed E-state index contributed by atoms with van der Waals surface area (Å²) in [6.07, 6.45) is 3.11. The summed E-state index contributed by atoms with van der Waals surface area (Å²) in [7, 11) is 0. The van der Waals surface area contributed by atoms with Crippen LogP contribution in [-0.4, -0.2) is 5.97 Å². The molecule has 0 radical (unpaired) electrons. The minimum atomic E-state index is -0.391. The highest BCUT2D eigenvalue weighted by molar-refractivity contribution is 6.30. The molecule has 102 valence electrons. The van der Waals surface area contributed by atoms with Gasteiger partial charge in [-0.2, -0.15) is 0 Å². The molecular formula is C17H15ClO2. The molecule has 0 amide bonds. The molecule has 0 heterocycles. The second-order valence-corrected chi connectivity index (χ2v) is 4.96. The Balaban J connectivity index is 2.07. The zero-order valence-electron chi connectivity index (χ0n) is 11.4. The summed E-state index contributed by atoms with van der Waals surface area (Å²) in [5.74, 6) is 0.232. The van der Waals surface area contributed by atoms with Gasteiger partial charge in [-0.15, -0.1) is 0 Å². The predicted octanol–water partition coefficient (Wildman–Crippen LogP) is 4.58. The molecular weight excluding hydrogens is 272 g/mol. The first-order valence-electron chi connectivity index (χ1n) is 6.28. The average molecular weight is 287 g/mol. The van der Waals surface area contributed by atoms with Crippen molar-refractivity contribution in [1.82, 2.24) is 0 Å². The molecule has 3 heteroatoms. The molecule has 2 rings (SSSR count). The number of hydrogen-bond donors (Lipinski definition) is 0. The van der Waals surface area contributed by atoms with Gasteiger partial charge in [-0.05, 0) is 48.7 Å². The maximum atomic E-state index is 11.8. The van der Waals surface area contributed by atoms with Gasteiger partial charge in [-0.1, -0.05) is 41.9 Å². The van der Waals surface area contributed by atoms with Crippen LogP contribution < -0.4 is 4.74 Å². The van der Waals surface area contributed by atoms with Crippen molar-refractivity contribution in [2.24, 2.45) is 0 Å². The van der Waals surface area contributed by atoms with Crippen molar-refractivity contribution < 1.29 is 9.53 Å². The summed E-state index contributed by atoms with van der Waals surface area (Å²) in [6, 6.07) is 13.0. The van der Waals surface area contributed by atoms with E-state index in [-0.39, 0.29) is 0 Å². The van der Waals surface area contributed by atoms with E-state index >= 15 is 0 Å². The molecule has 0 N–H and O–H groups in total. The third-order valence-corrected chi connectivity index (χ3v) is 3.15. The third kappa shape index (κ3) is 3.72. The van der Waals surface area contributed by atoms with Gasteiger partial charge in [0.2, 0.25) is 0 Å². The number of halogens is 1. The molecule has 0 aromatic heterocycles. The van der Waals surface area contributed by atoms with Gasteiger partial charge in [0.1, 0.15) is 5.75 Å². The van der Waals surface area contributed by atoms with Crippen molar-refractivity contribution in [3.8, 4) is 5.75 Å². The van der Waals surface area contributed by atoms with Crippen molar-refractivity contribution in [1.29, 1.82) is 0 Å². The van der Waals surface area contributed by atoms with Crippen LogP contribution in [0.2, 0.25) is 5.02 Å². The molecule has 0 spiro atoms. The highest BCUT2D eigenvalue weighted by Gasteiger charge is 2.06. The predicted molar refractivity (Wildman–Crippen MR) is 82.0 cm³/mol. The van der Waals surface area contributed by atoms with Crippen molar-refractivity contribution in [2.75, 3.05) is 0 Å². The SMILES string of the molecule is Cc1cccc(C)c1OC(=O)C=Cc1ccc(Cl)cc1. The molecule has 0 saturated heterocycles. The van der Waals surface area contributed by atoms with Crippen LogP contribution in [0.25, 0.3) is 6.08 Å². The lowest BCUT2D eigenvalue weighted by Gasteiger charge is -2.08. The summed E-state index contributed by atoms with van der Waals surface area (Å²) >= 11 is 5.80. The fourth-order valence-electron chi connectivity index (χ4n) is 1.83. The Morgan fingerprint density at radius 2 is 1.65 bits per heavy atom. The fourth-order valence-corrected chi connectivity index (χ4v) is 1.96. The molecule has 0 bridgehead atoms. The first-order valence-corrected chi connectivity index (χ1v) is 6.66. The van der Waals surface area contributed by atoms with E-state index in [0.717, 1.165) is 16.7 Å². The van der Waals surface area contributed by atoms with Crippen LogP contribution in [0, 0.1) is 13.8 Å². The Hall–Kier alpha value is -2.06. The monoisotopic (exact) mass is 286 g/mol. The lowest BCUT2D eigenvalue weighted by molar-refractivity contribution is -0.129. The fraction of sp³-hybridized carbons (Fsp3) is 0.118.